The summed E-state index contributed by atoms with van der Waals surface area (Å²) < 4.78 is 10.1. The van der Waals surface area contributed by atoms with E-state index in [0.717, 1.165) is 5.56 Å². The molecule has 1 fully saturated rings. The molecule has 1 saturated heterocycles. The molecule has 1 aliphatic heterocycles. The topological polar surface area (TPSA) is 88.0 Å². The summed E-state index contributed by atoms with van der Waals surface area (Å²) in [7, 11) is 0. The molecule has 110 valence electrons. The molecule has 1 aromatic rings. The lowest BCUT2D eigenvalue weighted by atomic mass is 9.93. The van der Waals surface area contributed by atoms with Crippen molar-refractivity contribution in [3.05, 3.63) is 35.9 Å². The SMILES string of the molecule is O=C(NCC1(O)COCCC1O)OCc1ccccc1. The Morgan fingerprint density at radius 3 is 2.90 bits per heavy atom. The number of ether oxygens (including phenoxy) is 2. The highest BCUT2D eigenvalue weighted by atomic mass is 16.5. The molecule has 2 unspecified atom stereocenters. The second-order valence-electron chi connectivity index (χ2n) is 4.88. The third kappa shape index (κ3) is 3.93. The fourth-order valence-electron chi connectivity index (χ4n) is 1.98. The van der Waals surface area contributed by atoms with Gasteiger partial charge in [0, 0.05) is 6.61 Å². The summed E-state index contributed by atoms with van der Waals surface area (Å²) in [5.41, 5.74) is -0.577. The molecule has 1 aliphatic rings. The van der Waals surface area contributed by atoms with Crippen molar-refractivity contribution in [3.63, 3.8) is 0 Å². The van der Waals surface area contributed by atoms with E-state index in [4.69, 9.17) is 9.47 Å². The Labute approximate surface area is 117 Å². The number of hydrogen-bond donors (Lipinski definition) is 3. The standard InChI is InChI=1S/C14H19NO5/c16-12-6-7-19-10-14(12,18)9-15-13(17)20-8-11-4-2-1-3-5-11/h1-5,12,16,18H,6-10H2,(H,15,17). The lowest BCUT2D eigenvalue weighted by Crippen LogP contribution is -2.57. The van der Waals surface area contributed by atoms with Gasteiger partial charge in [0.1, 0.15) is 12.2 Å². The van der Waals surface area contributed by atoms with Gasteiger partial charge in [-0.2, -0.15) is 0 Å². The van der Waals surface area contributed by atoms with E-state index in [-0.39, 0.29) is 19.8 Å². The van der Waals surface area contributed by atoms with Crippen molar-refractivity contribution in [1.29, 1.82) is 0 Å². The van der Waals surface area contributed by atoms with Gasteiger partial charge in [0.15, 0.2) is 0 Å². The Bertz CT molecular complexity index is 438. The normalized spacial score (nSPS) is 26.0. The lowest BCUT2D eigenvalue weighted by molar-refractivity contribution is -0.155. The van der Waals surface area contributed by atoms with Gasteiger partial charge >= 0.3 is 6.09 Å². The van der Waals surface area contributed by atoms with Crippen molar-refractivity contribution in [2.45, 2.75) is 24.7 Å². The maximum Gasteiger partial charge on any atom is 0.407 e. The van der Waals surface area contributed by atoms with Crippen molar-refractivity contribution in [3.8, 4) is 0 Å². The molecule has 2 atom stereocenters. The number of nitrogens with one attached hydrogen (secondary N) is 1. The molecule has 0 aromatic heterocycles. The fourth-order valence-corrected chi connectivity index (χ4v) is 1.98. The molecule has 1 heterocycles. The molecule has 0 saturated carbocycles. The van der Waals surface area contributed by atoms with Gasteiger partial charge in [-0.05, 0) is 12.0 Å². The number of amides is 1. The Balaban J connectivity index is 1.74. The van der Waals surface area contributed by atoms with Crippen molar-refractivity contribution >= 4 is 6.09 Å². The molecule has 6 nitrogen and oxygen atoms in total. The van der Waals surface area contributed by atoms with Crippen LogP contribution in [0.5, 0.6) is 0 Å². The first-order chi connectivity index (χ1) is 9.60. The summed E-state index contributed by atoms with van der Waals surface area (Å²) in [6.45, 7) is 0.445. The molecule has 2 rings (SSSR count). The number of benzene rings is 1. The number of carbonyl (C=O) groups is 1. The highest BCUT2D eigenvalue weighted by Crippen LogP contribution is 2.18. The van der Waals surface area contributed by atoms with E-state index < -0.39 is 17.8 Å². The lowest BCUT2D eigenvalue weighted by Gasteiger charge is -2.36. The van der Waals surface area contributed by atoms with Crippen molar-refractivity contribution in [2.75, 3.05) is 19.8 Å². The van der Waals surface area contributed by atoms with Crippen molar-refractivity contribution in [1.82, 2.24) is 5.32 Å². The van der Waals surface area contributed by atoms with Crippen molar-refractivity contribution in [2.24, 2.45) is 0 Å². The van der Waals surface area contributed by atoms with E-state index >= 15 is 0 Å². The average Bonchev–Trinajstić information content (AvgIpc) is 2.47. The maximum atomic E-state index is 11.5. The molecule has 1 aromatic carbocycles. The minimum Gasteiger partial charge on any atom is -0.445 e. The highest BCUT2D eigenvalue weighted by molar-refractivity contribution is 5.67. The van der Waals surface area contributed by atoms with Crippen LogP contribution >= 0.6 is 0 Å². The van der Waals surface area contributed by atoms with Gasteiger partial charge in [-0.15, -0.1) is 0 Å². The predicted octanol–water partition coefficient (Wildman–Crippen LogP) is 0.425. The number of carbonyl (C=O) groups excluding carboxylic acids is 1. The van der Waals surface area contributed by atoms with E-state index in [9.17, 15) is 15.0 Å². The van der Waals surface area contributed by atoms with Crippen LogP contribution in [0.4, 0.5) is 4.79 Å². The van der Waals surface area contributed by atoms with E-state index in [1.807, 2.05) is 30.3 Å². The minimum absolute atomic E-state index is 0.00681. The van der Waals surface area contributed by atoms with Crippen LogP contribution in [0.25, 0.3) is 0 Å². The van der Waals surface area contributed by atoms with Crippen LogP contribution in [0.1, 0.15) is 12.0 Å². The summed E-state index contributed by atoms with van der Waals surface area (Å²) >= 11 is 0. The van der Waals surface area contributed by atoms with Gasteiger partial charge in [0.25, 0.3) is 0 Å². The number of rotatable bonds is 4. The van der Waals surface area contributed by atoms with Gasteiger partial charge in [0.2, 0.25) is 0 Å². The third-order valence-electron chi connectivity index (χ3n) is 3.26. The van der Waals surface area contributed by atoms with Crippen LogP contribution in [-0.2, 0) is 16.1 Å². The zero-order valence-electron chi connectivity index (χ0n) is 11.1. The molecule has 0 aliphatic carbocycles. The van der Waals surface area contributed by atoms with Crippen LogP contribution in [0.3, 0.4) is 0 Å². The van der Waals surface area contributed by atoms with Crippen LogP contribution in [0.2, 0.25) is 0 Å². The Kier molecular flexibility index (Phi) is 4.94. The second kappa shape index (κ2) is 6.69. The van der Waals surface area contributed by atoms with Crippen LogP contribution < -0.4 is 5.32 Å². The van der Waals surface area contributed by atoms with Gasteiger partial charge in [-0.1, -0.05) is 30.3 Å². The van der Waals surface area contributed by atoms with E-state index in [1.165, 1.54) is 0 Å². The molecule has 0 spiro atoms. The monoisotopic (exact) mass is 281 g/mol. The molecule has 20 heavy (non-hydrogen) atoms. The summed E-state index contributed by atoms with van der Waals surface area (Å²) in [6.07, 6.45) is -1.21. The quantitative estimate of drug-likeness (QED) is 0.744. The first kappa shape index (κ1) is 14.8. The van der Waals surface area contributed by atoms with E-state index in [2.05, 4.69) is 5.32 Å². The van der Waals surface area contributed by atoms with Crippen LogP contribution in [-0.4, -0.2) is 47.8 Å². The average molecular weight is 281 g/mol. The van der Waals surface area contributed by atoms with Crippen LogP contribution in [0, 0.1) is 0 Å². The first-order valence-corrected chi connectivity index (χ1v) is 6.53. The summed E-state index contributed by atoms with van der Waals surface area (Å²) in [6, 6.07) is 9.28. The maximum absolute atomic E-state index is 11.5. The molecule has 3 N–H and O–H groups in total. The molecule has 0 bridgehead atoms. The van der Waals surface area contributed by atoms with E-state index in [1.54, 1.807) is 0 Å². The number of alkyl carbamates (subject to hydrolysis) is 1. The Hall–Kier alpha value is -1.63. The number of aliphatic hydroxyl groups is 2. The van der Waals surface area contributed by atoms with E-state index in [0.29, 0.717) is 13.0 Å². The van der Waals surface area contributed by atoms with Gasteiger partial charge < -0.3 is 25.0 Å². The molecule has 1 amide bonds. The third-order valence-corrected chi connectivity index (χ3v) is 3.26. The fraction of sp³-hybridized carbons (Fsp3) is 0.500. The second-order valence-corrected chi connectivity index (χ2v) is 4.88. The number of hydrogen-bond acceptors (Lipinski definition) is 5. The number of aliphatic hydroxyl groups excluding tert-OH is 1. The molecule has 0 radical (unpaired) electrons. The van der Waals surface area contributed by atoms with Gasteiger partial charge in [-0.3, -0.25) is 0 Å². The van der Waals surface area contributed by atoms with Gasteiger partial charge in [0.05, 0.1) is 19.3 Å². The summed E-state index contributed by atoms with van der Waals surface area (Å²) in [5.74, 6) is 0. The minimum atomic E-state index is -1.45. The van der Waals surface area contributed by atoms with Crippen LogP contribution in [0.15, 0.2) is 30.3 Å². The largest absolute Gasteiger partial charge is 0.445 e. The molecule has 6 heteroatoms. The van der Waals surface area contributed by atoms with Crippen molar-refractivity contribution < 1.29 is 24.5 Å². The van der Waals surface area contributed by atoms with Gasteiger partial charge in [-0.25, -0.2) is 4.79 Å². The molecular formula is C14H19NO5. The summed E-state index contributed by atoms with van der Waals surface area (Å²) in [5, 5.41) is 22.3. The first-order valence-electron chi connectivity index (χ1n) is 6.53. The summed E-state index contributed by atoms with van der Waals surface area (Å²) in [4.78, 5) is 11.5. The Morgan fingerprint density at radius 1 is 1.45 bits per heavy atom. The zero-order valence-corrected chi connectivity index (χ0v) is 11.1. The smallest absolute Gasteiger partial charge is 0.407 e. The molecular weight excluding hydrogens is 262 g/mol. The predicted molar refractivity (Wildman–Crippen MR) is 71.0 cm³/mol. The Morgan fingerprint density at radius 2 is 2.20 bits per heavy atom. The zero-order chi connectivity index (χ0) is 14.4. The highest BCUT2D eigenvalue weighted by Gasteiger charge is 2.39.